The van der Waals surface area contributed by atoms with Crippen molar-refractivity contribution in [3.8, 4) is 5.75 Å². The van der Waals surface area contributed by atoms with Crippen LogP contribution in [0.4, 0.5) is 0 Å². The number of benzene rings is 1. The molecule has 2 aliphatic carbocycles. The fourth-order valence-corrected chi connectivity index (χ4v) is 3.41. The first kappa shape index (κ1) is 12.0. The number of hydrogen-bond acceptors (Lipinski definition) is 2. The Morgan fingerprint density at radius 3 is 2.72 bits per heavy atom. The molecular weight excluding hydrogens is 222 g/mol. The molecule has 1 unspecified atom stereocenters. The van der Waals surface area contributed by atoms with Crippen LogP contribution in [0.15, 0.2) is 18.2 Å². The quantitative estimate of drug-likeness (QED) is 0.878. The molecule has 1 atom stereocenters. The van der Waals surface area contributed by atoms with Crippen LogP contribution in [0.1, 0.15) is 55.7 Å². The van der Waals surface area contributed by atoms with E-state index in [0.29, 0.717) is 12.1 Å². The lowest BCUT2D eigenvalue weighted by Crippen LogP contribution is -2.22. The van der Waals surface area contributed by atoms with Gasteiger partial charge in [0.1, 0.15) is 5.75 Å². The molecule has 2 nitrogen and oxygen atoms in total. The largest absolute Gasteiger partial charge is 0.490 e. The standard InChI is InChI=1S/C16H23NO/c1-17-15-10-4-9-14-13(15)8-5-11-16(14)18-12-6-2-3-7-12/h5,8,11-12,15,17H,2-4,6-7,9-10H2,1H3. The highest BCUT2D eigenvalue weighted by Gasteiger charge is 2.23. The van der Waals surface area contributed by atoms with E-state index in [9.17, 15) is 0 Å². The lowest BCUT2D eigenvalue weighted by atomic mass is 9.87. The van der Waals surface area contributed by atoms with Gasteiger partial charge in [-0.25, -0.2) is 0 Å². The van der Waals surface area contributed by atoms with Crippen LogP contribution < -0.4 is 10.1 Å². The molecule has 18 heavy (non-hydrogen) atoms. The molecule has 0 spiro atoms. The van der Waals surface area contributed by atoms with Gasteiger partial charge in [-0.1, -0.05) is 12.1 Å². The van der Waals surface area contributed by atoms with E-state index in [1.165, 1.54) is 56.1 Å². The van der Waals surface area contributed by atoms with E-state index in [-0.39, 0.29) is 0 Å². The molecule has 0 bridgehead atoms. The molecule has 2 aliphatic rings. The SMILES string of the molecule is CNC1CCCc2c(OC3CCCC3)cccc21. The first-order valence-electron chi connectivity index (χ1n) is 7.34. The van der Waals surface area contributed by atoms with Crippen LogP contribution in [-0.4, -0.2) is 13.2 Å². The molecule has 1 saturated carbocycles. The van der Waals surface area contributed by atoms with Crippen molar-refractivity contribution in [2.45, 2.75) is 57.1 Å². The van der Waals surface area contributed by atoms with Gasteiger partial charge in [0.15, 0.2) is 0 Å². The Hall–Kier alpha value is -1.02. The van der Waals surface area contributed by atoms with E-state index in [1.807, 2.05) is 0 Å². The second-order valence-corrected chi connectivity index (χ2v) is 5.58. The number of rotatable bonds is 3. The zero-order valence-corrected chi connectivity index (χ0v) is 11.2. The van der Waals surface area contributed by atoms with Gasteiger partial charge in [-0.2, -0.15) is 0 Å². The predicted octanol–water partition coefficient (Wildman–Crippen LogP) is 3.60. The average Bonchev–Trinajstić information content (AvgIpc) is 2.91. The summed E-state index contributed by atoms with van der Waals surface area (Å²) in [4.78, 5) is 0. The van der Waals surface area contributed by atoms with Crippen LogP contribution in [0.5, 0.6) is 5.75 Å². The summed E-state index contributed by atoms with van der Waals surface area (Å²) in [5.41, 5.74) is 2.91. The molecule has 0 saturated heterocycles. The van der Waals surface area contributed by atoms with Gasteiger partial charge in [-0.15, -0.1) is 0 Å². The summed E-state index contributed by atoms with van der Waals surface area (Å²) in [7, 11) is 2.06. The van der Waals surface area contributed by atoms with Crippen molar-refractivity contribution in [2.75, 3.05) is 7.05 Å². The van der Waals surface area contributed by atoms with Crippen molar-refractivity contribution >= 4 is 0 Å². The van der Waals surface area contributed by atoms with Gasteiger partial charge in [-0.3, -0.25) is 0 Å². The fraction of sp³-hybridized carbons (Fsp3) is 0.625. The monoisotopic (exact) mass is 245 g/mol. The summed E-state index contributed by atoms with van der Waals surface area (Å²) in [6.07, 6.45) is 9.29. The highest BCUT2D eigenvalue weighted by molar-refractivity contribution is 5.43. The van der Waals surface area contributed by atoms with Crippen molar-refractivity contribution in [2.24, 2.45) is 0 Å². The molecule has 0 amide bonds. The minimum absolute atomic E-state index is 0.464. The molecule has 0 radical (unpaired) electrons. The maximum absolute atomic E-state index is 6.24. The van der Waals surface area contributed by atoms with Crippen molar-refractivity contribution in [3.05, 3.63) is 29.3 Å². The van der Waals surface area contributed by atoms with E-state index in [4.69, 9.17) is 4.74 Å². The average molecular weight is 245 g/mol. The zero-order chi connectivity index (χ0) is 12.4. The molecule has 0 aliphatic heterocycles. The molecule has 1 aromatic carbocycles. The van der Waals surface area contributed by atoms with E-state index < -0.39 is 0 Å². The van der Waals surface area contributed by atoms with Gasteiger partial charge in [0.2, 0.25) is 0 Å². The first-order chi connectivity index (χ1) is 8.88. The smallest absolute Gasteiger partial charge is 0.123 e. The van der Waals surface area contributed by atoms with Crippen LogP contribution >= 0.6 is 0 Å². The van der Waals surface area contributed by atoms with Crippen molar-refractivity contribution in [1.82, 2.24) is 5.32 Å². The Labute approximate surface area is 110 Å². The molecule has 1 N–H and O–H groups in total. The second-order valence-electron chi connectivity index (χ2n) is 5.58. The lowest BCUT2D eigenvalue weighted by Gasteiger charge is -2.27. The molecule has 0 heterocycles. The van der Waals surface area contributed by atoms with Crippen molar-refractivity contribution in [1.29, 1.82) is 0 Å². The van der Waals surface area contributed by atoms with Gasteiger partial charge >= 0.3 is 0 Å². The topological polar surface area (TPSA) is 21.3 Å². The fourth-order valence-electron chi connectivity index (χ4n) is 3.41. The third kappa shape index (κ3) is 2.26. The lowest BCUT2D eigenvalue weighted by molar-refractivity contribution is 0.206. The summed E-state index contributed by atoms with van der Waals surface area (Å²) >= 11 is 0. The molecule has 1 fully saturated rings. The van der Waals surface area contributed by atoms with Crippen LogP contribution in [0.2, 0.25) is 0 Å². The summed E-state index contributed by atoms with van der Waals surface area (Å²) in [6, 6.07) is 7.09. The molecular formula is C16H23NO. The van der Waals surface area contributed by atoms with Gasteiger partial charge in [-0.05, 0) is 69.2 Å². The Morgan fingerprint density at radius 2 is 1.94 bits per heavy atom. The Morgan fingerprint density at radius 1 is 1.11 bits per heavy atom. The minimum atomic E-state index is 0.464. The Bertz CT molecular complexity index is 410. The summed E-state index contributed by atoms with van der Waals surface area (Å²) < 4.78 is 6.24. The molecule has 2 heteroatoms. The summed E-state index contributed by atoms with van der Waals surface area (Å²) in [6.45, 7) is 0. The molecule has 98 valence electrons. The normalized spacial score (nSPS) is 23.9. The van der Waals surface area contributed by atoms with Crippen LogP contribution in [0.25, 0.3) is 0 Å². The number of fused-ring (bicyclic) bond motifs is 1. The van der Waals surface area contributed by atoms with E-state index in [1.54, 1.807) is 0 Å². The van der Waals surface area contributed by atoms with Gasteiger partial charge in [0, 0.05) is 6.04 Å². The predicted molar refractivity (Wildman–Crippen MR) is 74.1 cm³/mol. The number of hydrogen-bond donors (Lipinski definition) is 1. The van der Waals surface area contributed by atoms with E-state index in [2.05, 4.69) is 30.6 Å². The number of nitrogens with one attached hydrogen (secondary N) is 1. The summed E-state index contributed by atoms with van der Waals surface area (Å²) in [5.74, 6) is 1.15. The van der Waals surface area contributed by atoms with Gasteiger partial charge < -0.3 is 10.1 Å². The highest BCUT2D eigenvalue weighted by Crippen LogP contribution is 2.36. The van der Waals surface area contributed by atoms with Gasteiger partial charge in [0.05, 0.1) is 6.10 Å². The molecule has 0 aromatic heterocycles. The van der Waals surface area contributed by atoms with Crippen molar-refractivity contribution in [3.63, 3.8) is 0 Å². The molecule has 3 rings (SSSR count). The molecule has 1 aromatic rings. The highest BCUT2D eigenvalue weighted by atomic mass is 16.5. The minimum Gasteiger partial charge on any atom is -0.490 e. The van der Waals surface area contributed by atoms with Crippen molar-refractivity contribution < 1.29 is 4.74 Å². The maximum atomic E-state index is 6.24. The number of ether oxygens (including phenoxy) is 1. The Balaban J connectivity index is 1.85. The van der Waals surface area contributed by atoms with Crippen LogP contribution in [-0.2, 0) is 6.42 Å². The zero-order valence-electron chi connectivity index (χ0n) is 11.2. The van der Waals surface area contributed by atoms with E-state index in [0.717, 1.165) is 5.75 Å². The van der Waals surface area contributed by atoms with Gasteiger partial charge in [0.25, 0.3) is 0 Å². The first-order valence-corrected chi connectivity index (χ1v) is 7.34. The Kier molecular flexibility index (Phi) is 3.55. The second kappa shape index (κ2) is 5.31. The van der Waals surface area contributed by atoms with Crippen LogP contribution in [0, 0.1) is 0 Å². The third-order valence-electron chi connectivity index (χ3n) is 4.41. The third-order valence-corrected chi connectivity index (χ3v) is 4.41. The summed E-state index contributed by atoms with van der Waals surface area (Å²) in [5, 5.41) is 3.43. The van der Waals surface area contributed by atoms with Crippen LogP contribution in [0.3, 0.4) is 0 Å². The van der Waals surface area contributed by atoms with E-state index >= 15 is 0 Å². The maximum Gasteiger partial charge on any atom is 0.123 e.